The molecule has 1 aliphatic heterocycles. The first-order chi connectivity index (χ1) is 32.7. The number of halogens is 4. The SMILES string of the molecule is CCCCCCCCCCCCCC(=O)N[C@@H]1[C@@H](OC(=O)CNC(=O)CCCCCCCCCCC)[C@H](OP(=O)(Oc2ccccc2)Oc2ccccc2)[C@@H](COC(=O)OCC(Cl)(Cl)Cl)O[C@@H]1Br. The van der Waals surface area contributed by atoms with Crippen LogP contribution in [-0.4, -0.2) is 76.9 Å². The summed E-state index contributed by atoms with van der Waals surface area (Å²) in [5.74, 6) is -1.41. The molecule has 384 valence electrons. The lowest BCUT2D eigenvalue weighted by Crippen LogP contribution is -2.64. The molecule has 0 radical (unpaired) electrons. The van der Waals surface area contributed by atoms with E-state index in [1.807, 2.05) is 0 Å². The molecule has 1 fully saturated rings. The van der Waals surface area contributed by atoms with Gasteiger partial charge in [0.2, 0.25) is 15.6 Å². The van der Waals surface area contributed by atoms with Gasteiger partial charge in [0, 0.05) is 12.8 Å². The van der Waals surface area contributed by atoms with Gasteiger partial charge < -0.3 is 38.6 Å². The van der Waals surface area contributed by atoms with Gasteiger partial charge in [0.25, 0.3) is 0 Å². The minimum Gasteiger partial charge on any atom is -0.456 e. The van der Waals surface area contributed by atoms with E-state index in [0.29, 0.717) is 12.8 Å². The van der Waals surface area contributed by atoms with Crippen LogP contribution >= 0.6 is 58.6 Å². The number of unbranched alkanes of at least 4 members (excludes halogenated alkanes) is 18. The molecule has 3 rings (SSSR count). The number of esters is 1. The molecule has 0 aliphatic carbocycles. The monoisotopic (exact) mass is 1100 g/mol. The van der Waals surface area contributed by atoms with Crippen LogP contribution in [0.1, 0.15) is 155 Å². The highest BCUT2D eigenvalue weighted by atomic mass is 79.9. The number of alkyl halides is 4. The van der Waals surface area contributed by atoms with Crippen molar-refractivity contribution in [3.63, 3.8) is 0 Å². The van der Waals surface area contributed by atoms with E-state index < -0.39 is 72.9 Å². The van der Waals surface area contributed by atoms with E-state index in [4.69, 9.17) is 67.3 Å². The summed E-state index contributed by atoms with van der Waals surface area (Å²) in [5, 5.41) is 4.45. The summed E-state index contributed by atoms with van der Waals surface area (Å²) in [4.78, 5) is 53.0. The molecule has 19 heteroatoms. The summed E-state index contributed by atoms with van der Waals surface area (Å²) in [6, 6.07) is 15.0. The zero-order valence-electron chi connectivity index (χ0n) is 39.7. The van der Waals surface area contributed by atoms with Gasteiger partial charge >= 0.3 is 19.9 Å². The largest absolute Gasteiger partial charge is 0.588 e. The fraction of sp³-hybridized carbons (Fsp3) is 0.673. The van der Waals surface area contributed by atoms with Crippen molar-refractivity contribution in [3.8, 4) is 11.5 Å². The van der Waals surface area contributed by atoms with Crippen LogP contribution in [0, 0.1) is 0 Å². The molecule has 0 aromatic heterocycles. The van der Waals surface area contributed by atoms with Crippen molar-refractivity contribution in [2.75, 3.05) is 19.8 Å². The fourth-order valence-corrected chi connectivity index (χ4v) is 9.78. The Hall–Kier alpha value is -2.78. The quantitative estimate of drug-likeness (QED) is 0.0290. The van der Waals surface area contributed by atoms with E-state index in [-0.39, 0.29) is 36.2 Å². The Morgan fingerprint density at radius 2 is 1.10 bits per heavy atom. The van der Waals surface area contributed by atoms with E-state index in [9.17, 15) is 23.7 Å². The van der Waals surface area contributed by atoms with Crippen molar-refractivity contribution in [1.29, 1.82) is 0 Å². The predicted molar refractivity (Wildman–Crippen MR) is 270 cm³/mol. The summed E-state index contributed by atoms with van der Waals surface area (Å²) >= 11 is 20.8. The van der Waals surface area contributed by atoms with Crippen LogP contribution in [0.15, 0.2) is 60.7 Å². The number of ether oxygens (including phenoxy) is 4. The van der Waals surface area contributed by atoms with E-state index in [0.717, 1.165) is 44.9 Å². The molecule has 0 spiro atoms. The van der Waals surface area contributed by atoms with E-state index >= 15 is 0 Å². The van der Waals surface area contributed by atoms with Gasteiger partial charge in [-0.2, -0.15) is 0 Å². The Morgan fingerprint density at radius 3 is 1.57 bits per heavy atom. The molecule has 1 aliphatic rings. The molecule has 0 saturated carbocycles. The molecule has 2 aromatic rings. The molecule has 5 atom stereocenters. The average Bonchev–Trinajstić information content (AvgIpc) is 3.30. The zero-order valence-corrected chi connectivity index (χ0v) is 44.4. The summed E-state index contributed by atoms with van der Waals surface area (Å²) in [7, 11) is -4.81. The first-order valence-electron chi connectivity index (χ1n) is 24.4. The number of phosphoric ester groups is 1. The van der Waals surface area contributed by atoms with Crippen LogP contribution in [0.2, 0.25) is 0 Å². The first kappa shape index (κ1) is 59.5. The maximum absolute atomic E-state index is 14.9. The van der Waals surface area contributed by atoms with Crippen molar-refractivity contribution in [3.05, 3.63) is 60.7 Å². The molecule has 14 nitrogen and oxygen atoms in total. The Bertz CT molecular complexity index is 1720. The molecule has 1 saturated heterocycles. The summed E-state index contributed by atoms with van der Waals surface area (Å²) < 4.78 is 53.7. The predicted octanol–water partition coefficient (Wildman–Crippen LogP) is 13.4. The van der Waals surface area contributed by atoms with Crippen molar-refractivity contribution in [2.45, 2.75) is 188 Å². The highest BCUT2D eigenvalue weighted by Crippen LogP contribution is 2.52. The van der Waals surface area contributed by atoms with Crippen molar-refractivity contribution >= 4 is 82.5 Å². The summed E-state index contributed by atoms with van der Waals surface area (Å²) in [6.45, 7) is 2.57. The zero-order chi connectivity index (χ0) is 49.5. The number of para-hydroxylation sites is 2. The molecule has 0 unspecified atom stereocenters. The molecular weight excluding hydrogens is 1030 g/mol. The highest BCUT2D eigenvalue weighted by Gasteiger charge is 2.53. The lowest BCUT2D eigenvalue weighted by Gasteiger charge is -2.44. The van der Waals surface area contributed by atoms with Crippen molar-refractivity contribution in [1.82, 2.24) is 10.6 Å². The van der Waals surface area contributed by atoms with Gasteiger partial charge in [0.05, 0.1) is 0 Å². The maximum atomic E-state index is 14.9. The van der Waals surface area contributed by atoms with Gasteiger partial charge in [-0.1, -0.05) is 217 Å². The smallest absolute Gasteiger partial charge is 0.456 e. The average molecular weight is 1100 g/mol. The van der Waals surface area contributed by atoms with E-state index in [1.54, 1.807) is 36.4 Å². The third-order valence-electron chi connectivity index (χ3n) is 11.1. The number of hydrogen-bond donors (Lipinski definition) is 2. The molecular formula is C49H73BrCl3N2O12P. The Labute approximate surface area is 427 Å². The van der Waals surface area contributed by atoms with Gasteiger partial charge in [0.1, 0.15) is 54.5 Å². The standard InChI is InChI=1S/C49H73BrCl3N2O12P/c1-3-5-7-9-11-13-14-16-18-20-28-34-42(57)55-44-46(64-43(58)35-54-41(56)33-27-19-17-15-12-10-8-6-4-2)45(40(63-47(44)50)36-61-48(59)62-37-49(51,52)53)67-68(60,65-38-29-23-21-24-30-38)66-39-31-25-22-26-32-39/h21-26,29-32,40,44-47H,3-20,27-28,33-37H2,1-2H3,(H,54,56)(H,55,57)/t40-,44-,45-,46-,47+/m1/s1. The maximum Gasteiger partial charge on any atom is 0.588 e. The topological polar surface area (TPSA) is 174 Å². The molecule has 2 aromatic carbocycles. The Balaban J connectivity index is 1.84. The Morgan fingerprint density at radius 1 is 0.647 bits per heavy atom. The van der Waals surface area contributed by atoms with Gasteiger partial charge in [-0.3, -0.25) is 18.9 Å². The molecule has 2 N–H and O–H groups in total. The third-order valence-corrected chi connectivity index (χ3v) is 13.5. The van der Waals surface area contributed by atoms with Gasteiger partial charge in [0.15, 0.2) is 6.10 Å². The second-order valence-corrected chi connectivity index (χ2v) is 21.9. The highest BCUT2D eigenvalue weighted by molar-refractivity contribution is 9.09. The molecule has 1 heterocycles. The van der Waals surface area contributed by atoms with Crippen LogP contribution in [0.25, 0.3) is 0 Å². The minimum absolute atomic E-state index is 0.102. The van der Waals surface area contributed by atoms with Crippen LogP contribution in [0.3, 0.4) is 0 Å². The number of phosphoric acid groups is 1. The number of nitrogens with one attached hydrogen (secondary N) is 2. The van der Waals surface area contributed by atoms with Gasteiger partial charge in [-0.05, 0) is 37.1 Å². The number of benzene rings is 2. The van der Waals surface area contributed by atoms with Crippen molar-refractivity contribution < 1.29 is 56.3 Å². The third kappa shape index (κ3) is 26.4. The van der Waals surface area contributed by atoms with E-state index in [1.165, 1.54) is 94.9 Å². The minimum atomic E-state index is -4.81. The summed E-state index contributed by atoms with van der Waals surface area (Å²) in [5.41, 5.74) is 0. The lowest BCUT2D eigenvalue weighted by atomic mass is 9.97. The molecule has 2 amide bonds. The van der Waals surface area contributed by atoms with Gasteiger partial charge in [-0.15, -0.1) is 0 Å². The van der Waals surface area contributed by atoms with E-state index in [2.05, 4.69) is 40.4 Å². The molecule has 68 heavy (non-hydrogen) atoms. The Kier molecular flexibility index (Phi) is 30.2. The second kappa shape index (κ2) is 34.5. The molecule has 0 bridgehead atoms. The number of carbonyl (C=O) groups is 4. The van der Waals surface area contributed by atoms with Crippen LogP contribution in [-0.2, 0) is 42.4 Å². The van der Waals surface area contributed by atoms with Crippen LogP contribution < -0.4 is 19.7 Å². The normalized spacial score (nSPS) is 18.3. The first-order valence-corrected chi connectivity index (χ1v) is 27.9. The fourth-order valence-electron chi connectivity index (χ4n) is 7.46. The number of carbonyl (C=O) groups excluding carboxylic acids is 4. The second-order valence-electron chi connectivity index (χ2n) is 17.0. The van der Waals surface area contributed by atoms with Crippen LogP contribution in [0.4, 0.5) is 4.79 Å². The number of hydrogen-bond acceptors (Lipinski definition) is 12. The van der Waals surface area contributed by atoms with Crippen molar-refractivity contribution in [2.24, 2.45) is 0 Å². The number of amides is 2. The van der Waals surface area contributed by atoms with Crippen LogP contribution in [0.5, 0.6) is 11.5 Å². The summed E-state index contributed by atoms with van der Waals surface area (Å²) in [6.07, 6.45) is 16.5. The number of rotatable bonds is 35. The van der Waals surface area contributed by atoms with Gasteiger partial charge in [-0.25, -0.2) is 9.36 Å². The lowest BCUT2D eigenvalue weighted by molar-refractivity contribution is -0.192.